The van der Waals surface area contributed by atoms with Crippen LogP contribution in [-0.2, 0) is 27.4 Å². The van der Waals surface area contributed by atoms with E-state index in [1.54, 1.807) is 13.8 Å². The second-order valence-electron chi connectivity index (χ2n) is 5.01. The first-order valence-corrected chi connectivity index (χ1v) is 8.14. The maximum atomic E-state index is 12.7. The molecule has 0 aliphatic heterocycles. The molecule has 0 atom stereocenters. The molecular weight excluding hydrogens is 336 g/mol. The molecule has 0 aliphatic rings. The molecule has 0 saturated carbocycles. The van der Waals surface area contributed by atoms with E-state index < -0.39 is 23.8 Å². The molecule has 0 aromatic carbocycles. The molecule has 2 aromatic rings. The van der Waals surface area contributed by atoms with Crippen molar-refractivity contribution in [2.75, 3.05) is 20.3 Å². The van der Waals surface area contributed by atoms with Gasteiger partial charge in [0.15, 0.2) is 6.29 Å². The SMILES string of the molecule is CCOC(=O)Cn1c(=O)c2c(C)c(C=O)sc2n(CCOC)c1=O. The number of rotatable bonds is 7. The number of esters is 1. The van der Waals surface area contributed by atoms with Crippen molar-refractivity contribution in [1.29, 1.82) is 0 Å². The van der Waals surface area contributed by atoms with Crippen molar-refractivity contribution < 1.29 is 19.1 Å². The number of methoxy groups -OCH3 is 1. The van der Waals surface area contributed by atoms with Gasteiger partial charge in [0, 0.05) is 7.11 Å². The van der Waals surface area contributed by atoms with Crippen molar-refractivity contribution in [3.05, 3.63) is 31.3 Å². The first kappa shape index (κ1) is 18.1. The van der Waals surface area contributed by atoms with Crippen LogP contribution in [0.1, 0.15) is 22.2 Å². The molecule has 0 aliphatic carbocycles. The van der Waals surface area contributed by atoms with Gasteiger partial charge < -0.3 is 9.47 Å². The van der Waals surface area contributed by atoms with Gasteiger partial charge in [-0.15, -0.1) is 11.3 Å². The summed E-state index contributed by atoms with van der Waals surface area (Å²) in [5.41, 5.74) is -0.728. The van der Waals surface area contributed by atoms with Crippen LogP contribution in [0.3, 0.4) is 0 Å². The predicted octanol–water partition coefficient (Wildman–Crippen LogP) is 0.555. The van der Waals surface area contributed by atoms with E-state index in [1.807, 2.05) is 0 Å². The van der Waals surface area contributed by atoms with Gasteiger partial charge >= 0.3 is 11.7 Å². The summed E-state index contributed by atoms with van der Waals surface area (Å²) in [6, 6.07) is 0. The number of fused-ring (bicyclic) bond motifs is 1. The Kier molecular flexibility index (Phi) is 5.68. The van der Waals surface area contributed by atoms with Gasteiger partial charge in [-0.2, -0.15) is 0 Å². The largest absolute Gasteiger partial charge is 0.465 e. The van der Waals surface area contributed by atoms with Crippen LogP contribution < -0.4 is 11.2 Å². The molecule has 0 radical (unpaired) electrons. The number of carbonyl (C=O) groups excluding carboxylic acids is 2. The number of ether oxygens (including phenoxy) is 2. The minimum absolute atomic E-state index is 0.153. The van der Waals surface area contributed by atoms with Crippen LogP contribution in [0.4, 0.5) is 0 Å². The summed E-state index contributed by atoms with van der Waals surface area (Å²) >= 11 is 1.08. The summed E-state index contributed by atoms with van der Waals surface area (Å²) in [5, 5.41) is 0.266. The van der Waals surface area contributed by atoms with E-state index in [0.717, 1.165) is 15.9 Å². The van der Waals surface area contributed by atoms with Gasteiger partial charge in [0.05, 0.1) is 30.0 Å². The molecule has 0 spiro atoms. The fraction of sp³-hybridized carbons (Fsp3) is 0.467. The summed E-state index contributed by atoms with van der Waals surface area (Å²) in [4.78, 5) is 49.0. The van der Waals surface area contributed by atoms with E-state index in [-0.39, 0.29) is 25.1 Å². The molecule has 2 aromatic heterocycles. The van der Waals surface area contributed by atoms with E-state index in [2.05, 4.69) is 0 Å². The molecule has 9 heteroatoms. The molecule has 2 heterocycles. The maximum Gasteiger partial charge on any atom is 0.332 e. The molecule has 0 bridgehead atoms. The zero-order valence-corrected chi connectivity index (χ0v) is 14.5. The number of aromatic nitrogens is 2. The van der Waals surface area contributed by atoms with Crippen molar-refractivity contribution in [1.82, 2.24) is 9.13 Å². The number of aryl methyl sites for hydroxylation is 1. The molecular formula is C15H18N2O6S. The Morgan fingerprint density at radius 3 is 2.58 bits per heavy atom. The third kappa shape index (κ3) is 3.17. The highest BCUT2D eigenvalue weighted by Gasteiger charge is 2.21. The Bertz CT molecular complexity index is 892. The lowest BCUT2D eigenvalue weighted by molar-refractivity contribution is -0.143. The lowest BCUT2D eigenvalue weighted by atomic mass is 10.2. The van der Waals surface area contributed by atoms with Crippen LogP contribution in [-0.4, -0.2) is 41.7 Å². The molecule has 0 amide bonds. The molecule has 0 fully saturated rings. The predicted molar refractivity (Wildman–Crippen MR) is 89.0 cm³/mol. The average Bonchev–Trinajstić information content (AvgIpc) is 2.88. The zero-order chi connectivity index (χ0) is 17.9. The summed E-state index contributed by atoms with van der Waals surface area (Å²) < 4.78 is 12.0. The van der Waals surface area contributed by atoms with Gasteiger partial charge in [-0.05, 0) is 19.4 Å². The van der Waals surface area contributed by atoms with Crippen LogP contribution in [0.25, 0.3) is 10.2 Å². The number of aldehydes is 1. The van der Waals surface area contributed by atoms with Gasteiger partial charge in [-0.25, -0.2) is 9.36 Å². The number of carbonyl (C=O) groups is 2. The quantitative estimate of drug-likeness (QED) is 0.532. The number of thiophene rings is 1. The van der Waals surface area contributed by atoms with Crippen LogP contribution in [0, 0.1) is 6.92 Å². The molecule has 8 nitrogen and oxygen atoms in total. The van der Waals surface area contributed by atoms with Gasteiger partial charge in [0.25, 0.3) is 5.56 Å². The Labute approximate surface area is 141 Å². The lowest BCUT2D eigenvalue weighted by Gasteiger charge is -2.11. The third-order valence-electron chi connectivity index (χ3n) is 3.55. The Morgan fingerprint density at radius 2 is 2.00 bits per heavy atom. The summed E-state index contributed by atoms with van der Waals surface area (Å²) in [7, 11) is 1.49. The highest BCUT2D eigenvalue weighted by Crippen LogP contribution is 2.26. The van der Waals surface area contributed by atoms with Gasteiger partial charge in [-0.1, -0.05) is 0 Å². The Hall–Kier alpha value is -2.26. The van der Waals surface area contributed by atoms with Crippen molar-refractivity contribution in [3.8, 4) is 0 Å². The van der Waals surface area contributed by atoms with Gasteiger partial charge in [-0.3, -0.25) is 19.0 Å². The molecule has 0 unspecified atom stereocenters. The molecule has 0 saturated heterocycles. The normalized spacial score (nSPS) is 11.0. The fourth-order valence-corrected chi connectivity index (χ4v) is 3.51. The second-order valence-corrected chi connectivity index (χ2v) is 6.04. The van der Waals surface area contributed by atoms with E-state index in [1.165, 1.54) is 11.7 Å². The van der Waals surface area contributed by atoms with Crippen molar-refractivity contribution in [2.24, 2.45) is 0 Å². The average molecular weight is 354 g/mol. The van der Waals surface area contributed by atoms with Gasteiger partial charge in [0.2, 0.25) is 0 Å². The maximum absolute atomic E-state index is 12.7. The second kappa shape index (κ2) is 7.54. The summed E-state index contributed by atoms with van der Waals surface area (Å²) in [6.07, 6.45) is 0.653. The van der Waals surface area contributed by atoms with E-state index >= 15 is 0 Å². The van der Waals surface area contributed by atoms with Crippen LogP contribution in [0.2, 0.25) is 0 Å². The van der Waals surface area contributed by atoms with Gasteiger partial charge in [0.1, 0.15) is 11.4 Å². The monoisotopic (exact) mass is 354 g/mol. The summed E-state index contributed by atoms with van der Waals surface area (Å²) in [5.74, 6) is -0.669. The van der Waals surface area contributed by atoms with E-state index in [0.29, 0.717) is 21.6 Å². The number of nitrogens with zero attached hydrogens (tertiary/aromatic N) is 2. The zero-order valence-electron chi connectivity index (χ0n) is 13.7. The highest BCUT2D eigenvalue weighted by atomic mass is 32.1. The molecule has 24 heavy (non-hydrogen) atoms. The Balaban J connectivity index is 2.76. The highest BCUT2D eigenvalue weighted by molar-refractivity contribution is 7.20. The standard InChI is InChI=1S/C15H18N2O6S/c1-4-23-11(19)7-17-13(20)12-9(2)10(8-18)24-14(12)16(15(17)21)5-6-22-3/h8H,4-7H2,1-3H3. The molecule has 130 valence electrons. The number of hydrogen-bond acceptors (Lipinski definition) is 7. The van der Waals surface area contributed by atoms with Crippen molar-refractivity contribution >= 4 is 33.8 Å². The minimum atomic E-state index is -0.669. The van der Waals surface area contributed by atoms with Crippen LogP contribution >= 0.6 is 11.3 Å². The number of hydrogen-bond donors (Lipinski definition) is 0. The van der Waals surface area contributed by atoms with E-state index in [4.69, 9.17) is 9.47 Å². The molecule has 2 rings (SSSR count). The first-order chi connectivity index (χ1) is 11.5. The first-order valence-electron chi connectivity index (χ1n) is 7.32. The Morgan fingerprint density at radius 1 is 1.29 bits per heavy atom. The van der Waals surface area contributed by atoms with E-state index in [9.17, 15) is 19.2 Å². The van der Waals surface area contributed by atoms with Crippen molar-refractivity contribution in [3.63, 3.8) is 0 Å². The third-order valence-corrected chi connectivity index (χ3v) is 4.79. The van der Waals surface area contributed by atoms with Crippen molar-refractivity contribution in [2.45, 2.75) is 26.9 Å². The topological polar surface area (TPSA) is 96.6 Å². The summed E-state index contributed by atoms with van der Waals surface area (Å²) in [6.45, 7) is 3.41. The molecule has 0 N–H and O–H groups in total. The fourth-order valence-electron chi connectivity index (χ4n) is 2.38. The van der Waals surface area contributed by atoms with Crippen LogP contribution in [0.15, 0.2) is 9.59 Å². The smallest absolute Gasteiger partial charge is 0.332 e. The minimum Gasteiger partial charge on any atom is -0.465 e. The lowest BCUT2D eigenvalue weighted by Crippen LogP contribution is -2.42. The van der Waals surface area contributed by atoms with Crippen LogP contribution in [0.5, 0.6) is 0 Å².